The van der Waals surface area contributed by atoms with Crippen molar-refractivity contribution < 1.29 is 138 Å². The van der Waals surface area contributed by atoms with Gasteiger partial charge in [-0.25, -0.2) is 24.1 Å². The molecule has 35 heteroatoms. The third kappa shape index (κ3) is 22.5. The predicted octanol–water partition coefficient (Wildman–Crippen LogP) is 10.6. The molecule has 3 fully saturated rings. The number of hydrogen-bond donors (Lipinski definition) is 3. The molecule has 2 aliphatic carbocycles. The van der Waals surface area contributed by atoms with Crippen molar-refractivity contribution >= 4 is 82.5 Å². The number of ether oxygens (including phenoxy) is 18. The SMILES string of the molecule is C=CCOC(=O)N1C[C@@H]2CC(c3ccc(OC)cc3)=CN2C(=O)c2cc(OC)c(OCCCCCOc3cc4c(cc3OC)C(=O)N3CCC5(CC5)C[C@H]3[C@H](O)N4C(=O)OCc3ccc(O[C@@H]4O[C@H](C(=O)OC)[C@@H](OC(C)=O)[C@H](OC(C)=O)[C@H]4OC(C)=O)c(NC(=O)CCOCCOCCOCCOCCNC(=O)OCC4c5ccccc5-c5ccccc54)c3)cc21. The number of anilines is 3. The van der Waals surface area contributed by atoms with E-state index in [0.717, 1.165) is 79.0 Å². The number of carbonyl (C=O) groups excluding carboxylic acids is 10. The van der Waals surface area contributed by atoms with Gasteiger partial charge in [0.25, 0.3) is 11.8 Å². The summed E-state index contributed by atoms with van der Waals surface area (Å²) in [5.41, 5.74) is 6.74. The van der Waals surface area contributed by atoms with Gasteiger partial charge >= 0.3 is 42.2 Å². The van der Waals surface area contributed by atoms with Crippen molar-refractivity contribution in [1.82, 2.24) is 15.1 Å². The van der Waals surface area contributed by atoms with Crippen molar-refractivity contribution in [2.24, 2.45) is 5.41 Å². The van der Waals surface area contributed by atoms with E-state index in [4.69, 9.17) is 85.3 Å². The Hall–Kier alpha value is -12.5. The van der Waals surface area contributed by atoms with E-state index in [0.29, 0.717) is 50.8 Å². The topological polar surface area (TPSA) is 394 Å². The molecule has 6 aromatic carbocycles. The van der Waals surface area contributed by atoms with Crippen LogP contribution in [0, 0.1) is 5.41 Å². The highest BCUT2D eigenvalue weighted by molar-refractivity contribution is 6.08. The molecule has 1 saturated carbocycles. The Kier molecular flexibility index (Phi) is 31.3. The van der Waals surface area contributed by atoms with Gasteiger partial charge in [-0.2, -0.15) is 0 Å². The van der Waals surface area contributed by atoms with Crippen LogP contribution >= 0.6 is 0 Å². The number of esters is 4. The van der Waals surface area contributed by atoms with Crippen LogP contribution in [0.15, 0.2) is 134 Å². The first-order valence-electron chi connectivity index (χ1n) is 42.1. The molecule has 13 rings (SSSR count). The summed E-state index contributed by atoms with van der Waals surface area (Å²) in [7, 11) is 5.47. The lowest BCUT2D eigenvalue weighted by Gasteiger charge is -2.43. The minimum atomic E-state index is -1.87. The van der Waals surface area contributed by atoms with E-state index >= 15 is 4.79 Å². The lowest BCUT2D eigenvalue weighted by molar-refractivity contribution is -0.282. The molecule has 8 atom stereocenters. The molecule has 127 heavy (non-hydrogen) atoms. The number of methoxy groups -OCH3 is 4. The van der Waals surface area contributed by atoms with Crippen LogP contribution < -0.4 is 48.9 Å². The van der Waals surface area contributed by atoms with Gasteiger partial charge in [0.05, 0.1) is 148 Å². The highest BCUT2D eigenvalue weighted by Gasteiger charge is 2.57. The first-order valence-corrected chi connectivity index (χ1v) is 42.1. The van der Waals surface area contributed by atoms with Crippen molar-refractivity contribution in [2.75, 3.05) is 142 Å². The molecule has 6 amide bonds. The zero-order valence-electron chi connectivity index (χ0n) is 71.9. The monoisotopic (exact) mass is 1760 g/mol. The fraction of sp³-hybridized carbons (Fsp3) is 0.457. The first-order chi connectivity index (χ1) is 61.5. The average molecular weight is 1760 g/mol. The summed E-state index contributed by atoms with van der Waals surface area (Å²) in [5, 5.41) is 18.1. The summed E-state index contributed by atoms with van der Waals surface area (Å²) in [6.45, 7) is 8.62. The van der Waals surface area contributed by atoms with Crippen molar-refractivity contribution in [3.63, 3.8) is 0 Å². The smallest absolute Gasteiger partial charge is 0.416 e. The summed E-state index contributed by atoms with van der Waals surface area (Å²) in [6.07, 6.45) is -5.10. The molecule has 5 aliphatic heterocycles. The van der Waals surface area contributed by atoms with Crippen LogP contribution in [0.2, 0.25) is 0 Å². The van der Waals surface area contributed by atoms with Crippen LogP contribution in [0.3, 0.4) is 0 Å². The number of nitrogens with zero attached hydrogens (tertiary/aromatic N) is 4. The highest BCUT2D eigenvalue weighted by atomic mass is 16.7. The zero-order valence-corrected chi connectivity index (χ0v) is 71.9. The Morgan fingerprint density at radius 2 is 1.20 bits per heavy atom. The standard InChI is InChI=1S/C92H106N6O29/c1-9-33-120-90(108)97-52-61-45-60(59-22-24-62(110-5)25-23-59)51-96(61)85(104)67-46-75(111-6)77(48-71(67)97)118-34-15-10-16-35-119-78-49-72-68(47-76(78)112-7)84(103)95-32-30-92(28-29-92)50-73(95)86(105)98(72)91(109)122-53-58-21-26-74(126-88-83(125-57(4)101)81(124-56(3)100)80(123-55(2)99)82(127-88)87(106)113-8)70(44-58)94-79(102)27-36-114-38-40-116-42-43-117-41-39-115-37-31-93-89(107)121-54-69-65-19-13-11-17-63(65)64-18-12-14-20-66(64)69/h9,11-14,17-26,44,46-49,51,61,69,73,80-83,86,88,105H,1,10,15-16,27-43,45,50,52-54H2,2-8H3,(H,93,107)(H,94,102)/t61-,73-,80-,81-,82-,83+,86-,88+/m0/s1. The van der Waals surface area contributed by atoms with Crippen molar-refractivity contribution in [3.05, 3.63) is 167 Å². The highest BCUT2D eigenvalue weighted by Crippen LogP contribution is 2.57. The maximum atomic E-state index is 15.1. The summed E-state index contributed by atoms with van der Waals surface area (Å²) < 4.78 is 104. The van der Waals surface area contributed by atoms with Crippen LogP contribution in [0.4, 0.5) is 31.4 Å². The van der Waals surface area contributed by atoms with Gasteiger partial charge < -0.3 is 111 Å². The van der Waals surface area contributed by atoms with Gasteiger partial charge in [-0.3, -0.25) is 33.7 Å². The van der Waals surface area contributed by atoms with Crippen molar-refractivity contribution in [1.29, 1.82) is 0 Å². The first kappa shape index (κ1) is 92.1. The van der Waals surface area contributed by atoms with E-state index in [9.17, 15) is 48.3 Å². The predicted molar refractivity (Wildman–Crippen MR) is 454 cm³/mol. The third-order valence-electron chi connectivity index (χ3n) is 22.8. The van der Waals surface area contributed by atoms with E-state index in [1.54, 1.807) is 29.0 Å². The number of benzene rings is 6. The van der Waals surface area contributed by atoms with Gasteiger partial charge in [0.1, 0.15) is 31.3 Å². The summed E-state index contributed by atoms with van der Waals surface area (Å²) >= 11 is 0. The molecule has 0 bridgehead atoms. The largest absolute Gasteiger partial charge is 0.497 e. The fourth-order valence-electron chi connectivity index (χ4n) is 16.4. The van der Waals surface area contributed by atoms with Crippen LogP contribution in [-0.4, -0.2) is 251 Å². The summed E-state index contributed by atoms with van der Waals surface area (Å²) in [5.74, 6) is -4.10. The Balaban J connectivity index is 0.641. The molecule has 0 aromatic heterocycles. The van der Waals surface area contributed by atoms with E-state index in [-0.39, 0.29) is 179 Å². The van der Waals surface area contributed by atoms with Gasteiger partial charge in [0.15, 0.2) is 47.5 Å². The average Bonchev–Trinajstić information content (AvgIpc) is 1.58. The minimum absolute atomic E-state index is 0.0166. The quantitative estimate of drug-likeness (QED) is 0.0139. The second-order valence-corrected chi connectivity index (χ2v) is 31.2. The van der Waals surface area contributed by atoms with Gasteiger partial charge in [-0.1, -0.05) is 79.4 Å². The number of fused-ring (bicyclic) bond motifs is 7. The molecule has 678 valence electrons. The van der Waals surface area contributed by atoms with Crippen molar-refractivity contribution in [3.8, 4) is 45.6 Å². The number of alkyl carbamates (subject to hydrolysis) is 1. The maximum Gasteiger partial charge on any atom is 0.416 e. The number of aliphatic hydroxyl groups is 1. The summed E-state index contributed by atoms with van der Waals surface area (Å²) in [4.78, 5) is 142. The molecule has 0 unspecified atom stereocenters. The molecule has 35 nitrogen and oxygen atoms in total. The Morgan fingerprint density at radius 1 is 0.598 bits per heavy atom. The molecular formula is C92H106N6O29. The van der Waals surface area contributed by atoms with Gasteiger partial charge in [-0.05, 0) is 132 Å². The van der Waals surface area contributed by atoms with Crippen LogP contribution in [0.5, 0.6) is 34.5 Å². The molecule has 1 spiro atoms. The molecule has 0 radical (unpaired) electrons. The van der Waals surface area contributed by atoms with E-state index in [2.05, 4.69) is 41.5 Å². The van der Waals surface area contributed by atoms with Crippen LogP contribution in [0.1, 0.15) is 127 Å². The number of carbonyl (C=O) groups is 10. The van der Waals surface area contributed by atoms with Gasteiger partial charge in [0, 0.05) is 58.1 Å². The van der Waals surface area contributed by atoms with E-state index < -0.39 is 110 Å². The molecule has 5 heterocycles. The fourth-order valence-corrected chi connectivity index (χ4v) is 16.4. The van der Waals surface area contributed by atoms with E-state index in [1.807, 2.05) is 54.7 Å². The third-order valence-corrected chi connectivity index (χ3v) is 22.8. The van der Waals surface area contributed by atoms with Gasteiger partial charge in [0.2, 0.25) is 18.3 Å². The number of nitrogens with one attached hydrogen (secondary N) is 2. The number of aliphatic hydroxyl groups excluding tert-OH is 1. The maximum absolute atomic E-state index is 15.1. The molecule has 2 saturated heterocycles. The Morgan fingerprint density at radius 3 is 1.82 bits per heavy atom. The lowest BCUT2D eigenvalue weighted by Crippen LogP contribution is -2.64. The number of unbranched alkanes of at least 4 members (excludes halogenated alkanes) is 2. The molecule has 3 N–H and O–H groups in total. The Bertz CT molecular complexity index is 4970. The van der Waals surface area contributed by atoms with Crippen LogP contribution in [0.25, 0.3) is 16.7 Å². The second kappa shape index (κ2) is 43.1. The van der Waals surface area contributed by atoms with Crippen LogP contribution in [-0.2, 0) is 87.4 Å². The number of rotatable bonds is 40. The molecular weight excluding hydrogens is 1650 g/mol. The molecule has 7 aliphatic rings. The minimum Gasteiger partial charge on any atom is -0.497 e. The number of piperidine rings is 1. The summed E-state index contributed by atoms with van der Waals surface area (Å²) in [6, 6.07) is 32.7. The second-order valence-electron chi connectivity index (χ2n) is 31.2. The lowest BCUT2D eigenvalue weighted by atomic mass is 9.87. The van der Waals surface area contributed by atoms with Gasteiger partial charge in [-0.15, -0.1) is 0 Å². The molecule has 6 aromatic rings. The van der Waals surface area contributed by atoms with Crippen molar-refractivity contribution in [2.45, 2.75) is 140 Å². The van der Waals surface area contributed by atoms with E-state index in [1.165, 1.54) is 55.5 Å². The number of amides is 6. The Labute approximate surface area is 733 Å². The number of hydrogen-bond acceptors (Lipinski definition) is 29. The normalized spacial score (nSPS) is 19.8. The zero-order chi connectivity index (χ0) is 89.8.